The minimum atomic E-state index is -0.617. The molecule has 1 aliphatic heterocycles. The van der Waals surface area contributed by atoms with Crippen LogP contribution in [-0.4, -0.2) is 25.4 Å². The van der Waals surface area contributed by atoms with Gasteiger partial charge in [0.15, 0.2) is 0 Å². The second kappa shape index (κ2) is 10.1. The molecule has 2 unspecified atom stereocenters. The molecular weight excluding hydrogens is 458 g/mol. The number of ether oxygens (including phenoxy) is 2. The van der Waals surface area contributed by atoms with Gasteiger partial charge in [0.1, 0.15) is 23.8 Å². The van der Waals surface area contributed by atoms with E-state index in [1.807, 2.05) is 91.0 Å². The van der Waals surface area contributed by atoms with Crippen LogP contribution in [0.3, 0.4) is 0 Å². The van der Waals surface area contributed by atoms with Gasteiger partial charge in [-0.25, -0.2) is 0 Å². The molecule has 35 heavy (non-hydrogen) atoms. The van der Waals surface area contributed by atoms with Crippen molar-refractivity contribution in [1.82, 2.24) is 0 Å². The number of rotatable bonds is 8. The topological polar surface area (TPSA) is 55.8 Å². The maximum atomic E-state index is 13.2. The highest BCUT2D eigenvalue weighted by Gasteiger charge is 2.51. The van der Waals surface area contributed by atoms with E-state index in [0.29, 0.717) is 11.3 Å². The zero-order chi connectivity index (χ0) is 24.2. The van der Waals surface area contributed by atoms with E-state index in [-0.39, 0.29) is 11.9 Å². The third kappa shape index (κ3) is 4.79. The van der Waals surface area contributed by atoms with Gasteiger partial charge in [-0.15, -0.1) is 0 Å². The van der Waals surface area contributed by atoms with E-state index in [2.05, 4.69) is 0 Å². The highest BCUT2D eigenvalue weighted by Crippen LogP contribution is 2.42. The highest BCUT2D eigenvalue weighted by molar-refractivity contribution is 7.99. The van der Waals surface area contributed by atoms with Crippen molar-refractivity contribution in [2.24, 2.45) is 0 Å². The molecule has 1 aliphatic rings. The van der Waals surface area contributed by atoms with Crippen molar-refractivity contribution in [3.8, 4) is 11.5 Å². The third-order valence-corrected chi connectivity index (χ3v) is 6.89. The largest absolute Gasteiger partial charge is 0.497 e. The molecule has 1 fully saturated rings. The lowest BCUT2D eigenvalue weighted by molar-refractivity contribution is -0.135. The number of nitrogens with zero attached hydrogens (tertiary/aromatic N) is 1. The molecule has 0 radical (unpaired) electrons. The van der Waals surface area contributed by atoms with E-state index in [9.17, 15) is 9.59 Å². The zero-order valence-electron chi connectivity index (χ0n) is 19.0. The third-order valence-electron chi connectivity index (χ3n) is 5.88. The molecule has 0 bridgehead atoms. The van der Waals surface area contributed by atoms with E-state index in [0.717, 1.165) is 33.1 Å². The van der Waals surface area contributed by atoms with Gasteiger partial charge in [-0.05, 0) is 66.2 Å². The van der Waals surface area contributed by atoms with Crippen LogP contribution in [0.4, 0.5) is 5.69 Å². The Morgan fingerprint density at radius 1 is 0.771 bits per heavy atom. The second-order valence-corrected chi connectivity index (χ2v) is 9.21. The summed E-state index contributed by atoms with van der Waals surface area (Å²) in [6, 6.07) is 32.3. The van der Waals surface area contributed by atoms with Crippen molar-refractivity contribution in [3.05, 3.63) is 114 Å². The Morgan fingerprint density at radius 3 is 1.97 bits per heavy atom. The van der Waals surface area contributed by atoms with Crippen molar-refractivity contribution in [1.29, 1.82) is 0 Å². The van der Waals surface area contributed by atoms with Gasteiger partial charge in [-0.1, -0.05) is 54.2 Å². The quantitative estimate of drug-likeness (QED) is 0.222. The van der Waals surface area contributed by atoms with Gasteiger partial charge in [0.25, 0.3) is 5.91 Å². The summed E-state index contributed by atoms with van der Waals surface area (Å²) in [5.74, 6) is 1.29. The minimum absolute atomic E-state index is 0.0854. The van der Waals surface area contributed by atoms with E-state index in [1.54, 1.807) is 35.9 Å². The average Bonchev–Trinajstić information content (AvgIpc) is 2.92. The molecule has 1 amide bonds. The fraction of sp³-hybridized carbons (Fsp3) is 0.103. The first-order valence-electron chi connectivity index (χ1n) is 11.2. The SMILES string of the molecule is COc1ccc(N2C(=O)C(Oc3ccc(Sc4ccc(C=O)cc4)cc3)C2c2ccccc2)cc1. The van der Waals surface area contributed by atoms with E-state index < -0.39 is 6.10 Å². The van der Waals surface area contributed by atoms with Crippen LogP contribution in [0.15, 0.2) is 113 Å². The maximum absolute atomic E-state index is 13.2. The van der Waals surface area contributed by atoms with Gasteiger partial charge in [0.05, 0.1) is 7.11 Å². The summed E-state index contributed by atoms with van der Waals surface area (Å²) < 4.78 is 11.5. The van der Waals surface area contributed by atoms with Crippen LogP contribution in [0.25, 0.3) is 0 Å². The van der Waals surface area contributed by atoms with Crippen LogP contribution in [0.1, 0.15) is 22.0 Å². The smallest absolute Gasteiger partial charge is 0.271 e. The molecule has 6 heteroatoms. The van der Waals surface area contributed by atoms with Crippen LogP contribution in [0.2, 0.25) is 0 Å². The Bertz CT molecular complexity index is 1310. The molecule has 5 nitrogen and oxygen atoms in total. The van der Waals surface area contributed by atoms with Crippen LogP contribution in [0, 0.1) is 0 Å². The number of benzene rings is 4. The highest BCUT2D eigenvalue weighted by atomic mass is 32.2. The predicted molar refractivity (Wildman–Crippen MR) is 136 cm³/mol. The summed E-state index contributed by atoms with van der Waals surface area (Å²) in [6.07, 6.45) is 0.217. The number of carbonyl (C=O) groups is 2. The van der Waals surface area contributed by atoms with E-state index >= 15 is 0 Å². The number of methoxy groups -OCH3 is 1. The number of β-lactam (4-membered cyclic amide) rings is 1. The Balaban J connectivity index is 1.33. The van der Waals surface area contributed by atoms with Gasteiger partial charge in [0, 0.05) is 21.0 Å². The van der Waals surface area contributed by atoms with Crippen LogP contribution in [-0.2, 0) is 4.79 Å². The summed E-state index contributed by atoms with van der Waals surface area (Å²) in [5.41, 5.74) is 2.47. The fourth-order valence-corrected chi connectivity index (χ4v) is 4.88. The molecule has 5 rings (SSSR count). The number of hydrogen-bond donors (Lipinski definition) is 0. The normalized spacial score (nSPS) is 16.9. The lowest BCUT2D eigenvalue weighted by Gasteiger charge is -2.46. The molecule has 1 saturated heterocycles. The predicted octanol–water partition coefficient (Wildman–Crippen LogP) is 6.19. The molecule has 174 valence electrons. The molecule has 0 saturated carbocycles. The monoisotopic (exact) mass is 481 g/mol. The van der Waals surface area contributed by atoms with Crippen molar-refractivity contribution in [2.45, 2.75) is 21.9 Å². The lowest BCUT2D eigenvalue weighted by atomic mass is 9.89. The molecule has 0 aliphatic carbocycles. The second-order valence-electron chi connectivity index (χ2n) is 8.06. The van der Waals surface area contributed by atoms with E-state index in [4.69, 9.17) is 9.47 Å². The molecule has 0 aromatic heterocycles. The molecule has 0 N–H and O–H groups in total. The number of carbonyl (C=O) groups excluding carboxylic acids is 2. The summed E-state index contributed by atoms with van der Waals surface area (Å²) >= 11 is 1.60. The Kier molecular flexibility index (Phi) is 6.55. The molecule has 4 aromatic carbocycles. The summed E-state index contributed by atoms with van der Waals surface area (Å²) in [4.78, 5) is 27.9. The minimum Gasteiger partial charge on any atom is -0.497 e. The Morgan fingerprint density at radius 2 is 1.37 bits per heavy atom. The van der Waals surface area contributed by atoms with Crippen LogP contribution >= 0.6 is 11.8 Å². The first-order valence-corrected chi connectivity index (χ1v) is 12.0. The van der Waals surface area contributed by atoms with E-state index in [1.165, 1.54) is 0 Å². The number of aldehydes is 1. The number of hydrogen-bond acceptors (Lipinski definition) is 5. The van der Waals surface area contributed by atoms with Gasteiger partial charge in [-0.3, -0.25) is 14.5 Å². The standard InChI is InChI=1S/C29H23NO4S/c1-33-23-11-9-22(10-12-23)30-27(21-5-3-2-4-6-21)28(29(30)32)34-24-13-17-26(18-14-24)35-25-15-7-20(19-31)8-16-25/h2-19,27-28H,1H3. The average molecular weight is 482 g/mol. The number of amides is 1. The van der Waals surface area contributed by atoms with Gasteiger partial charge in [-0.2, -0.15) is 0 Å². The fourth-order valence-electron chi connectivity index (χ4n) is 4.07. The van der Waals surface area contributed by atoms with Gasteiger partial charge >= 0.3 is 0 Å². The molecular formula is C29H23NO4S. The molecule has 2 atom stereocenters. The van der Waals surface area contributed by atoms with Crippen molar-refractivity contribution >= 4 is 29.6 Å². The lowest BCUT2D eigenvalue weighted by Crippen LogP contribution is -2.61. The first-order chi connectivity index (χ1) is 17.2. The Labute approximate surface area is 208 Å². The van der Waals surface area contributed by atoms with Crippen molar-refractivity contribution < 1.29 is 19.1 Å². The Hall–Kier alpha value is -4.03. The first kappa shape index (κ1) is 22.7. The maximum Gasteiger partial charge on any atom is 0.271 e. The molecule has 1 heterocycles. The summed E-state index contributed by atoms with van der Waals surface area (Å²) in [5, 5.41) is 0. The molecule has 0 spiro atoms. The molecule has 4 aromatic rings. The van der Waals surface area contributed by atoms with Crippen molar-refractivity contribution in [2.75, 3.05) is 12.0 Å². The van der Waals surface area contributed by atoms with Crippen LogP contribution < -0.4 is 14.4 Å². The zero-order valence-corrected chi connectivity index (χ0v) is 19.9. The number of anilines is 1. The van der Waals surface area contributed by atoms with Gasteiger partial charge < -0.3 is 9.47 Å². The van der Waals surface area contributed by atoms with Crippen molar-refractivity contribution in [3.63, 3.8) is 0 Å². The summed E-state index contributed by atoms with van der Waals surface area (Å²) in [6.45, 7) is 0. The van der Waals surface area contributed by atoms with Crippen LogP contribution in [0.5, 0.6) is 11.5 Å². The summed E-state index contributed by atoms with van der Waals surface area (Å²) in [7, 11) is 1.62. The van der Waals surface area contributed by atoms with Gasteiger partial charge in [0.2, 0.25) is 6.10 Å².